The van der Waals surface area contributed by atoms with Gasteiger partial charge in [0.15, 0.2) is 0 Å². The number of nitrogens with zero attached hydrogens (tertiary/aromatic N) is 1. The average Bonchev–Trinajstić information content (AvgIpc) is 1.84. The van der Waals surface area contributed by atoms with E-state index in [2.05, 4.69) is 0 Å². The largest absolute Gasteiger partial charge is 0.492 e. The molecule has 2 nitrogen and oxygen atoms in total. The Labute approximate surface area is 64.1 Å². The van der Waals surface area contributed by atoms with Gasteiger partial charge in [-0.05, 0) is 13.0 Å². The highest BCUT2D eigenvalue weighted by molar-refractivity contribution is 6.58. The van der Waals surface area contributed by atoms with E-state index in [-0.39, 0.29) is 13.2 Å². The van der Waals surface area contributed by atoms with E-state index in [1.54, 1.807) is 6.92 Å². The molecule has 0 amide bonds. The van der Waals surface area contributed by atoms with Crippen LogP contribution in [0.5, 0.6) is 0 Å². The fourth-order valence-corrected chi connectivity index (χ4v) is 0.813. The van der Waals surface area contributed by atoms with Gasteiger partial charge in [-0.25, -0.2) is 0 Å². The van der Waals surface area contributed by atoms with Crippen molar-refractivity contribution in [2.45, 2.75) is 6.92 Å². The minimum atomic E-state index is -4.75. The summed E-state index contributed by atoms with van der Waals surface area (Å²) < 4.78 is 35.3. The van der Waals surface area contributed by atoms with Crippen molar-refractivity contribution in [2.75, 3.05) is 26.1 Å². The second-order valence-electron chi connectivity index (χ2n) is 2.33. The molecule has 0 heterocycles. The molecular formula is C5H12BF3NO-. The molecule has 68 valence electrons. The molecular weight excluding hydrogens is 158 g/mol. The number of rotatable bonds is 5. The first kappa shape index (κ1) is 10.8. The number of hydrogen-bond donors (Lipinski definition) is 1. The smallest absolute Gasteiger partial charge is 0.448 e. The average molecular weight is 170 g/mol. The zero-order valence-corrected chi connectivity index (χ0v) is 6.43. The van der Waals surface area contributed by atoms with Crippen LogP contribution in [-0.4, -0.2) is 43.1 Å². The molecule has 0 radical (unpaired) electrons. The van der Waals surface area contributed by atoms with E-state index in [1.807, 2.05) is 0 Å². The molecule has 0 unspecified atom stereocenters. The lowest BCUT2D eigenvalue weighted by atomic mass is 9.91. The third-order valence-electron chi connectivity index (χ3n) is 1.33. The molecule has 0 aliphatic heterocycles. The van der Waals surface area contributed by atoms with Gasteiger partial charge in [0.25, 0.3) is 0 Å². The Morgan fingerprint density at radius 2 is 1.91 bits per heavy atom. The molecule has 11 heavy (non-hydrogen) atoms. The fourth-order valence-electron chi connectivity index (χ4n) is 0.813. The summed E-state index contributed by atoms with van der Waals surface area (Å²) in [6, 6.07) is 0. The van der Waals surface area contributed by atoms with Crippen molar-refractivity contribution in [3.05, 3.63) is 0 Å². The molecule has 1 N–H and O–H groups in total. The van der Waals surface area contributed by atoms with Crippen LogP contribution in [0.2, 0.25) is 0 Å². The summed E-state index contributed by atoms with van der Waals surface area (Å²) >= 11 is 0. The van der Waals surface area contributed by atoms with E-state index in [9.17, 15) is 12.9 Å². The van der Waals surface area contributed by atoms with E-state index in [1.165, 1.54) is 4.90 Å². The Morgan fingerprint density at radius 3 is 2.18 bits per heavy atom. The van der Waals surface area contributed by atoms with Gasteiger partial charge in [0, 0.05) is 6.54 Å². The summed E-state index contributed by atoms with van der Waals surface area (Å²) in [5.74, 6) is 0. The first-order valence-electron chi connectivity index (χ1n) is 3.53. The van der Waals surface area contributed by atoms with Gasteiger partial charge in [-0.2, -0.15) is 0 Å². The number of aliphatic hydroxyl groups is 1. The fraction of sp³-hybridized carbons (Fsp3) is 1.00. The van der Waals surface area contributed by atoms with E-state index in [0.717, 1.165) is 0 Å². The predicted octanol–water partition coefficient (Wildman–Crippen LogP) is 0.687. The highest BCUT2D eigenvalue weighted by Crippen LogP contribution is 2.09. The van der Waals surface area contributed by atoms with Crippen LogP contribution in [0.25, 0.3) is 0 Å². The Morgan fingerprint density at radius 1 is 1.36 bits per heavy atom. The Hall–Kier alpha value is -0.225. The van der Waals surface area contributed by atoms with Crippen LogP contribution in [0.3, 0.4) is 0 Å². The quantitative estimate of drug-likeness (QED) is 0.613. The second kappa shape index (κ2) is 4.61. The molecule has 0 aromatic carbocycles. The maximum Gasteiger partial charge on any atom is 0.492 e. The van der Waals surface area contributed by atoms with Crippen molar-refractivity contribution in [3.63, 3.8) is 0 Å². The Kier molecular flexibility index (Phi) is 4.52. The summed E-state index contributed by atoms with van der Waals surface area (Å²) in [7, 11) is 0. The zero-order valence-electron chi connectivity index (χ0n) is 6.43. The van der Waals surface area contributed by atoms with Crippen molar-refractivity contribution in [1.29, 1.82) is 0 Å². The normalized spacial score (nSPS) is 12.5. The molecule has 0 aromatic heterocycles. The van der Waals surface area contributed by atoms with Crippen molar-refractivity contribution in [1.82, 2.24) is 4.90 Å². The van der Waals surface area contributed by atoms with Crippen molar-refractivity contribution in [3.8, 4) is 0 Å². The van der Waals surface area contributed by atoms with Gasteiger partial charge in [0.1, 0.15) is 0 Å². The predicted molar refractivity (Wildman–Crippen MR) is 38.3 cm³/mol. The second-order valence-corrected chi connectivity index (χ2v) is 2.33. The van der Waals surface area contributed by atoms with Gasteiger partial charge >= 0.3 is 6.98 Å². The summed E-state index contributed by atoms with van der Waals surface area (Å²) in [5.41, 5.74) is 0. The number of likely N-dealkylation sites (N-methyl/N-ethyl adjacent to an activating group) is 1. The molecule has 0 aliphatic carbocycles. The third-order valence-corrected chi connectivity index (χ3v) is 1.33. The molecule has 0 spiro atoms. The van der Waals surface area contributed by atoms with E-state index in [4.69, 9.17) is 5.11 Å². The zero-order chi connectivity index (χ0) is 8.91. The van der Waals surface area contributed by atoms with Gasteiger partial charge in [-0.3, -0.25) is 0 Å². The first-order chi connectivity index (χ1) is 4.99. The lowest BCUT2D eigenvalue weighted by molar-refractivity contribution is 0.208. The first-order valence-corrected chi connectivity index (χ1v) is 3.53. The molecule has 0 saturated carbocycles. The summed E-state index contributed by atoms with van der Waals surface area (Å²) in [5, 5.41) is 8.36. The summed E-state index contributed by atoms with van der Waals surface area (Å²) in [4.78, 5) is 1.17. The summed E-state index contributed by atoms with van der Waals surface area (Å²) in [6.07, 6.45) is -0.878. The molecule has 0 bridgehead atoms. The molecule has 0 saturated heterocycles. The van der Waals surface area contributed by atoms with Crippen molar-refractivity contribution >= 4 is 6.98 Å². The lowest BCUT2D eigenvalue weighted by Gasteiger charge is -2.25. The van der Waals surface area contributed by atoms with Crippen LogP contribution in [0, 0.1) is 0 Å². The molecule has 6 heteroatoms. The maximum absolute atomic E-state index is 11.8. The molecule has 0 atom stereocenters. The topological polar surface area (TPSA) is 23.5 Å². The molecule has 0 aromatic rings. The SMILES string of the molecule is CCN(CCO)C[B-](F)(F)F. The highest BCUT2D eigenvalue weighted by atomic mass is 19.4. The minimum Gasteiger partial charge on any atom is -0.448 e. The van der Waals surface area contributed by atoms with Gasteiger partial charge < -0.3 is 23.0 Å². The number of aliphatic hydroxyl groups excluding tert-OH is 1. The van der Waals surface area contributed by atoms with Crippen LogP contribution >= 0.6 is 0 Å². The van der Waals surface area contributed by atoms with Gasteiger partial charge in [-0.15, -0.1) is 0 Å². The number of halogens is 3. The van der Waals surface area contributed by atoms with Crippen LogP contribution in [0.4, 0.5) is 12.9 Å². The van der Waals surface area contributed by atoms with E-state index >= 15 is 0 Å². The molecule has 0 rings (SSSR count). The van der Waals surface area contributed by atoms with Crippen LogP contribution in [0.15, 0.2) is 0 Å². The molecule has 0 fully saturated rings. The minimum absolute atomic E-state index is 0.0950. The van der Waals surface area contributed by atoms with Crippen molar-refractivity contribution in [2.24, 2.45) is 0 Å². The standard InChI is InChI=1S/C5H12BF3NO/c1-2-10(3-4-11)5-6(7,8)9/h11H,2-5H2,1H3/q-1. The monoisotopic (exact) mass is 170 g/mol. The van der Waals surface area contributed by atoms with Gasteiger partial charge in [0.05, 0.1) is 6.61 Å². The van der Waals surface area contributed by atoms with E-state index in [0.29, 0.717) is 6.54 Å². The maximum atomic E-state index is 11.8. The van der Waals surface area contributed by atoms with Crippen LogP contribution < -0.4 is 0 Å². The van der Waals surface area contributed by atoms with Crippen LogP contribution in [0.1, 0.15) is 6.92 Å². The van der Waals surface area contributed by atoms with Gasteiger partial charge in [-0.1, -0.05) is 6.92 Å². The van der Waals surface area contributed by atoms with E-state index < -0.39 is 13.4 Å². The third kappa shape index (κ3) is 6.18. The lowest BCUT2D eigenvalue weighted by Crippen LogP contribution is -2.39. The Bertz CT molecular complexity index is 108. The highest BCUT2D eigenvalue weighted by Gasteiger charge is 2.25. The Balaban J connectivity index is 3.68. The number of hydrogen-bond acceptors (Lipinski definition) is 2. The molecule has 0 aliphatic rings. The van der Waals surface area contributed by atoms with Gasteiger partial charge in [0.2, 0.25) is 0 Å². The summed E-state index contributed by atoms with van der Waals surface area (Å²) in [6.45, 7) is -2.92. The van der Waals surface area contributed by atoms with Crippen LogP contribution in [-0.2, 0) is 0 Å². The van der Waals surface area contributed by atoms with Crippen molar-refractivity contribution < 1.29 is 18.1 Å².